The minimum absolute atomic E-state index is 0.0924. The Hall–Kier alpha value is -1.90. The third kappa shape index (κ3) is 4.31. The third-order valence-electron chi connectivity index (χ3n) is 2.98. The number of amides is 2. The molecule has 2 N–H and O–H groups in total. The zero-order valence-corrected chi connectivity index (χ0v) is 14.0. The van der Waals surface area contributed by atoms with E-state index >= 15 is 0 Å². The maximum absolute atomic E-state index is 11.2. The molecule has 0 saturated heterocycles. The number of carbonyl (C=O) groups excluding carboxylic acids is 2. The van der Waals surface area contributed by atoms with Crippen molar-refractivity contribution >= 4 is 46.9 Å². The van der Waals surface area contributed by atoms with Gasteiger partial charge in [-0.15, -0.1) is 0 Å². The molecule has 2 aromatic rings. The number of nitrogens with zero attached hydrogens (tertiary/aromatic N) is 3. The highest BCUT2D eigenvalue weighted by Gasteiger charge is 2.19. The van der Waals surface area contributed by atoms with Gasteiger partial charge in [0, 0.05) is 18.5 Å². The van der Waals surface area contributed by atoms with Crippen LogP contribution in [0.25, 0.3) is 11.3 Å². The van der Waals surface area contributed by atoms with Gasteiger partial charge in [0.05, 0.1) is 28.3 Å². The molecule has 1 heterocycles. The van der Waals surface area contributed by atoms with E-state index in [0.717, 1.165) is 16.6 Å². The average Bonchev–Trinajstić information content (AvgIpc) is 2.90. The number of aromatic nitrogens is 2. The summed E-state index contributed by atoms with van der Waals surface area (Å²) in [5.41, 5.74) is 6.29. The topological polar surface area (TPSA) is 112 Å². The molecular formula is C13H11Cl2N4O3S-. The molecule has 0 aliphatic carbocycles. The number of benzene rings is 1. The van der Waals surface area contributed by atoms with Gasteiger partial charge < -0.3 is 20.5 Å². The predicted octanol–water partition coefficient (Wildman–Crippen LogP) is 1.53. The highest BCUT2D eigenvalue weighted by molar-refractivity contribution is 6.99. The molecule has 0 saturated carbocycles. The molecule has 7 nitrogen and oxygen atoms in total. The van der Waals surface area contributed by atoms with E-state index in [-0.39, 0.29) is 19.5 Å². The largest absolute Gasteiger partial charge is 0.530 e. The van der Waals surface area contributed by atoms with Crippen molar-refractivity contribution < 1.29 is 14.7 Å². The molecule has 0 atom stereocenters. The minimum Gasteiger partial charge on any atom is -0.530 e. The van der Waals surface area contributed by atoms with E-state index in [4.69, 9.17) is 28.9 Å². The molecule has 10 heteroatoms. The number of carbonyl (C=O) groups is 2. The number of nitrogens with two attached hydrogens (primary N) is 1. The van der Waals surface area contributed by atoms with Crippen LogP contribution in [-0.4, -0.2) is 32.2 Å². The second-order valence-electron chi connectivity index (χ2n) is 4.56. The number of primary amides is 1. The van der Waals surface area contributed by atoms with Crippen molar-refractivity contribution in [2.24, 2.45) is 5.73 Å². The van der Waals surface area contributed by atoms with E-state index < -0.39 is 12.0 Å². The van der Waals surface area contributed by atoms with E-state index in [2.05, 4.69) is 8.75 Å². The Balaban J connectivity index is 2.30. The van der Waals surface area contributed by atoms with Crippen molar-refractivity contribution in [3.8, 4) is 11.3 Å². The first kappa shape index (κ1) is 17.5. The summed E-state index contributed by atoms with van der Waals surface area (Å²) >= 11 is 13.2. The van der Waals surface area contributed by atoms with Crippen LogP contribution in [0.1, 0.15) is 12.1 Å². The van der Waals surface area contributed by atoms with Gasteiger partial charge in [-0.3, -0.25) is 4.79 Å². The van der Waals surface area contributed by atoms with Crippen molar-refractivity contribution in [2.75, 3.05) is 6.54 Å². The number of halogens is 2. The monoisotopic (exact) mass is 373 g/mol. The molecule has 122 valence electrons. The maximum Gasteiger partial charge on any atom is 0.219 e. The molecule has 0 unspecified atom stereocenters. The summed E-state index contributed by atoms with van der Waals surface area (Å²) in [5, 5.41) is 11.9. The van der Waals surface area contributed by atoms with Gasteiger partial charge in [0.15, 0.2) is 0 Å². The minimum atomic E-state index is -1.43. The van der Waals surface area contributed by atoms with Crippen molar-refractivity contribution in [3.63, 3.8) is 0 Å². The van der Waals surface area contributed by atoms with E-state index in [9.17, 15) is 14.7 Å². The summed E-state index contributed by atoms with van der Waals surface area (Å²) in [6, 6.07) is 4.99. The van der Waals surface area contributed by atoms with Gasteiger partial charge in [0.25, 0.3) is 0 Å². The molecule has 0 aliphatic heterocycles. The number of hydrogen-bond donors (Lipinski definition) is 1. The summed E-state index contributed by atoms with van der Waals surface area (Å²) in [6.07, 6.45) is -1.55. The quantitative estimate of drug-likeness (QED) is 0.824. The van der Waals surface area contributed by atoms with Crippen LogP contribution in [0, 0.1) is 0 Å². The molecular weight excluding hydrogens is 363 g/mol. The van der Waals surface area contributed by atoms with Gasteiger partial charge in [-0.2, -0.15) is 8.75 Å². The predicted molar refractivity (Wildman–Crippen MR) is 85.0 cm³/mol. The Morgan fingerprint density at radius 1 is 1.26 bits per heavy atom. The lowest BCUT2D eigenvalue weighted by Gasteiger charge is -2.23. The van der Waals surface area contributed by atoms with Crippen LogP contribution < -0.4 is 10.8 Å². The van der Waals surface area contributed by atoms with E-state index in [1.807, 2.05) is 0 Å². The van der Waals surface area contributed by atoms with Crippen LogP contribution in [0.2, 0.25) is 10.0 Å². The molecule has 1 aromatic heterocycles. The Bertz CT molecular complexity index is 718. The van der Waals surface area contributed by atoms with Crippen LogP contribution in [-0.2, 0) is 11.3 Å². The van der Waals surface area contributed by atoms with Crippen molar-refractivity contribution in [3.05, 3.63) is 33.9 Å². The molecule has 0 aliphatic rings. The number of rotatable bonds is 6. The van der Waals surface area contributed by atoms with Crippen molar-refractivity contribution in [1.82, 2.24) is 13.6 Å². The Morgan fingerprint density at radius 2 is 1.91 bits per heavy atom. The lowest BCUT2D eigenvalue weighted by atomic mass is 10.1. The fourth-order valence-electron chi connectivity index (χ4n) is 1.88. The average molecular weight is 374 g/mol. The summed E-state index contributed by atoms with van der Waals surface area (Å²) in [7, 11) is 0. The lowest BCUT2D eigenvalue weighted by molar-refractivity contribution is -0.266. The molecule has 2 rings (SSSR count). The molecule has 2 amide bonds. The zero-order chi connectivity index (χ0) is 17.0. The molecule has 1 aromatic carbocycles. The second kappa shape index (κ2) is 7.58. The summed E-state index contributed by atoms with van der Waals surface area (Å²) in [4.78, 5) is 22.9. The van der Waals surface area contributed by atoms with Crippen molar-refractivity contribution in [1.29, 1.82) is 0 Å². The first-order chi connectivity index (χ1) is 10.9. The fraction of sp³-hybridized carbons (Fsp3) is 0.231. The molecule has 0 bridgehead atoms. The number of hydrogen-bond acceptors (Lipinski definition) is 6. The summed E-state index contributed by atoms with van der Waals surface area (Å²) in [5.74, 6) is -0.609. The highest BCUT2D eigenvalue weighted by Crippen LogP contribution is 2.35. The van der Waals surface area contributed by atoms with Gasteiger partial charge >= 0.3 is 0 Å². The third-order valence-corrected chi connectivity index (χ3v) is 4.18. The van der Waals surface area contributed by atoms with E-state index in [0.29, 0.717) is 27.0 Å². The Kier molecular flexibility index (Phi) is 5.75. The lowest BCUT2D eigenvalue weighted by Crippen LogP contribution is -2.42. The highest BCUT2D eigenvalue weighted by atomic mass is 35.5. The van der Waals surface area contributed by atoms with Gasteiger partial charge in [0.2, 0.25) is 5.91 Å². The van der Waals surface area contributed by atoms with Crippen LogP contribution in [0.5, 0.6) is 0 Å². The number of carboxylic acid groups (broad SMARTS) is 1. The van der Waals surface area contributed by atoms with E-state index in [1.54, 1.807) is 18.2 Å². The SMILES string of the molecule is NC(=O)CCN(Cc1nsnc1-c1c(Cl)cccc1Cl)C(=O)[O-]. The van der Waals surface area contributed by atoms with Gasteiger partial charge in [0.1, 0.15) is 17.5 Å². The first-order valence-electron chi connectivity index (χ1n) is 6.40. The van der Waals surface area contributed by atoms with Crippen LogP contribution in [0.15, 0.2) is 18.2 Å². The zero-order valence-electron chi connectivity index (χ0n) is 11.7. The van der Waals surface area contributed by atoms with Crippen LogP contribution in [0.3, 0.4) is 0 Å². The molecule has 0 spiro atoms. The second-order valence-corrected chi connectivity index (χ2v) is 5.90. The summed E-state index contributed by atoms with van der Waals surface area (Å²) in [6.45, 7) is -0.201. The van der Waals surface area contributed by atoms with Crippen LogP contribution >= 0.6 is 34.9 Å². The molecule has 23 heavy (non-hydrogen) atoms. The normalized spacial score (nSPS) is 10.5. The molecule has 0 radical (unpaired) electrons. The van der Waals surface area contributed by atoms with Crippen molar-refractivity contribution in [2.45, 2.75) is 13.0 Å². The molecule has 0 fully saturated rings. The maximum atomic E-state index is 11.2. The standard InChI is InChI=1S/C13H12Cl2N4O3S/c14-7-2-1-3-8(15)11(7)12-9(17-23-18-12)6-19(13(21)22)5-4-10(16)20/h1-3H,4-6H2,(H2,16,20)(H,21,22)/p-1. The van der Waals surface area contributed by atoms with Gasteiger partial charge in [-0.25, -0.2) is 0 Å². The smallest absolute Gasteiger partial charge is 0.219 e. The van der Waals surface area contributed by atoms with E-state index in [1.165, 1.54) is 0 Å². The fourth-order valence-corrected chi connectivity index (χ4v) is 3.02. The van der Waals surface area contributed by atoms with Crippen LogP contribution in [0.4, 0.5) is 4.79 Å². The Morgan fingerprint density at radius 3 is 2.48 bits per heavy atom. The first-order valence-corrected chi connectivity index (χ1v) is 7.88. The van der Waals surface area contributed by atoms with Gasteiger partial charge in [-0.1, -0.05) is 29.3 Å². The van der Waals surface area contributed by atoms with Gasteiger partial charge in [-0.05, 0) is 12.1 Å². The Labute approximate surface area is 145 Å². The summed E-state index contributed by atoms with van der Waals surface area (Å²) < 4.78 is 8.23.